The molecule has 5 heteroatoms. The van der Waals surface area contributed by atoms with Crippen LogP contribution < -0.4 is 0 Å². The van der Waals surface area contributed by atoms with E-state index in [9.17, 15) is 5.11 Å². The Morgan fingerprint density at radius 1 is 1.25 bits per heavy atom. The molecule has 20 heavy (non-hydrogen) atoms. The number of aliphatic hydroxyl groups excluding tert-OH is 1. The quantitative estimate of drug-likeness (QED) is 0.944. The number of aryl methyl sites for hydroxylation is 2. The van der Waals surface area contributed by atoms with Gasteiger partial charge in [0.1, 0.15) is 0 Å². The van der Waals surface area contributed by atoms with Gasteiger partial charge in [-0.15, -0.1) is 11.3 Å². The second-order valence-electron chi connectivity index (χ2n) is 6.12. The number of hydrogen-bond donors (Lipinski definition) is 1. The first-order chi connectivity index (χ1) is 9.27. The fraction of sp³-hybridized carbons (Fsp3) is 0.533. The van der Waals surface area contributed by atoms with Crippen LogP contribution in [-0.4, -0.2) is 20.3 Å². The molecule has 2 rings (SSSR count). The van der Waals surface area contributed by atoms with Crippen molar-refractivity contribution in [2.45, 2.75) is 52.6 Å². The fourth-order valence-electron chi connectivity index (χ4n) is 1.93. The Hall–Kier alpha value is -1.33. The van der Waals surface area contributed by atoms with Crippen LogP contribution in [-0.2, 0) is 11.8 Å². The van der Waals surface area contributed by atoms with Gasteiger partial charge in [0.05, 0.1) is 28.2 Å². The average molecular weight is 291 g/mol. The van der Waals surface area contributed by atoms with Crippen molar-refractivity contribution < 1.29 is 5.11 Å². The van der Waals surface area contributed by atoms with E-state index < -0.39 is 6.10 Å². The predicted octanol–water partition coefficient (Wildman–Crippen LogP) is 3.12. The van der Waals surface area contributed by atoms with E-state index in [-0.39, 0.29) is 5.41 Å². The zero-order valence-electron chi connectivity index (χ0n) is 12.6. The molecular formula is C15H21N3OS. The lowest BCUT2D eigenvalue weighted by atomic mass is 9.93. The summed E-state index contributed by atoms with van der Waals surface area (Å²) in [5, 5.41) is 21.5. The van der Waals surface area contributed by atoms with Gasteiger partial charge in [0.25, 0.3) is 0 Å². The third kappa shape index (κ3) is 3.41. The third-order valence-corrected chi connectivity index (χ3v) is 4.06. The molecule has 2 aromatic heterocycles. The molecule has 2 heterocycles. The molecule has 4 nitrogen and oxygen atoms in total. The van der Waals surface area contributed by atoms with Gasteiger partial charge in [-0.2, -0.15) is 10.2 Å². The Bertz CT molecular complexity index is 601. The van der Waals surface area contributed by atoms with Crippen LogP contribution in [0.15, 0.2) is 11.4 Å². The molecule has 1 N–H and O–H groups in total. The summed E-state index contributed by atoms with van der Waals surface area (Å²) in [6, 6.07) is 1.89. The van der Waals surface area contributed by atoms with Gasteiger partial charge in [-0.1, -0.05) is 20.8 Å². The molecule has 0 bridgehead atoms. The first-order valence-electron chi connectivity index (χ1n) is 6.71. The van der Waals surface area contributed by atoms with Gasteiger partial charge in [0.15, 0.2) is 0 Å². The van der Waals surface area contributed by atoms with Gasteiger partial charge in [-0.25, -0.2) is 4.98 Å². The number of rotatable bonds is 3. The highest BCUT2D eigenvalue weighted by molar-refractivity contribution is 7.09. The topological polar surface area (TPSA) is 58.9 Å². The van der Waals surface area contributed by atoms with Crippen molar-refractivity contribution in [2.75, 3.05) is 0 Å². The molecule has 108 valence electrons. The maximum Gasteiger partial charge on any atom is 0.0957 e. The highest BCUT2D eigenvalue weighted by Crippen LogP contribution is 2.27. The van der Waals surface area contributed by atoms with Gasteiger partial charge in [0.2, 0.25) is 0 Å². The molecule has 0 spiro atoms. The van der Waals surface area contributed by atoms with E-state index in [4.69, 9.17) is 0 Å². The second-order valence-corrected chi connectivity index (χ2v) is 7.07. The van der Waals surface area contributed by atoms with Gasteiger partial charge in [0, 0.05) is 22.8 Å². The Balaban J connectivity index is 2.17. The zero-order valence-corrected chi connectivity index (χ0v) is 13.5. The molecule has 0 amide bonds. The van der Waals surface area contributed by atoms with Crippen LogP contribution in [0.5, 0.6) is 0 Å². The summed E-state index contributed by atoms with van der Waals surface area (Å²) >= 11 is 1.60. The van der Waals surface area contributed by atoms with Crippen molar-refractivity contribution in [2.24, 2.45) is 0 Å². The van der Waals surface area contributed by atoms with Crippen LogP contribution in [0, 0.1) is 13.8 Å². The molecule has 0 saturated heterocycles. The van der Waals surface area contributed by atoms with E-state index in [2.05, 4.69) is 41.3 Å². The first kappa shape index (κ1) is 15.1. The van der Waals surface area contributed by atoms with Crippen molar-refractivity contribution in [3.8, 4) is 0 Å². The van der Waals surface area contributed by atoms with Crippen LogP contribution in [0.25, 0.3) is 0 Å². The van der Waals surface area contributed by atoms with Crippen LogP contribution in [0.1, 0.15) is 54.5 Å². The molecule has 0 saturated carbocycles. The zero-order chi connectivity index (χ0) is 14.9. The highest BCUT2D eigenvalue weighted by Gasteiger charge is 2.20. The van der Waals surface area contributed by atoms with Gasteiger partial charge >= 0.3 is 0 Å². The van der Waals surface area contributed by atoms with Gasteiger partial charge in [-0.3, -0.25) is 0 Å². The Labute approximate surface area is 123 Å². The summed E-state index contributed by atoms with van der Waals surface area (Å²) in [4.78, 5) is 4.62. The van der Waals surface area contributed by atoms with Gasteiger partial charge in [-0.05, 0) is 19.9 Å². The molecule has 2 aromatic rings. The van der Waals surface area contributed by atoms with Crippen LogP contribution >= 0.6 is 11.3 Å². The maximum atomic E-state index is 10.4. The summed E-state index contributed by atoms with van der Waals surface area (Å²) in [5.41, 5.74) is 3.55. The lowest BCUT2D eigenvalue weighted by molar-refractivity contribution is 0.176. The van der Waals surface area contributed by atoms with Crippen LogP contribution in [0.4, 0.5) is 0 Å². The van der Waals surface area contributed by atoms with Crippen LogP contribution in [0.2, 0.25) is 0 Å². The Kier molecular flexibility index (Phi) is 4.20. The largest absolute Gasteiger partial charge is 0.388 e. The molecule has 0 radical (unpaired) electrons. The smallest absolute Gasteiger partial charge is 0.0957 e. The lowest BCUT2D eigenvalue weighted by Crippen LogP contribution is -2.12. The number of hydrogen-bond acceptors (Lipinski definition) is 5. The summed E-state index contributed by atoms with van der Waals surface area (Å²) in [6.07, 6.45) is -0.0598. The second kappa shape index (κ2) is 5.58. The van der Waals surface area contributed by atoms with E-state index >= 15 is 0 Å². The standard InChI is InChI=1S/C15H21N3OS/c1-9-6-11(10(2)18-17-9)12(19)7-14-16-13(8-20-14)15(3,4)5/h6,8,12,19H,7H2,1-5H3. The van der Waals surface area contributed by atoms with Crippen LogP contribution in [0.3, 0.4) is 0 Å². The monoisotopic (exact) mass is 291 g/mol. The number of thiazole rings is 1. The molecule has 1 atom stereocenters. The van der Waals surface area contributed by atoms with Crippen molar-refractivity contribution in [1.29, 1.82) is 0 Å². The minimum Gasteiger partial charge on any atom is -0.388 e. The third-order valence-electron chi connectivity index (χ3n) is 3.19. The highest BCUT2D eigenvalue weighted by atomic mass is 32.1. The predicted molar refractivity (Wildman–Crippen MR) is 81.0 cm³/mol. The minimum atomic E-state index is -0.580. The molecule has 0 aliphatic heterocycles. The van der Waals surface area contributed by atoms with Crippen molar-refractivity contribution in [3.05, 3.63) is 39.1 Å². The molecule has 0 fully saturated rings. The molecule has 1 unspecified atom stereocenters. The Morgan fingerprint density at radius 3 is 2.55 bits per heavy atom. The maximum absolute atomic E-state index is 10.4. The van der Waals surface area contributed by atoms with Gasteiger partial charge < -0.3 is 5.11 Å². The summed E-state index contributed by atoms with van der Waals surface area (Å²) in [6.45, 7) is 10.2. The summed E-state index contributed by atoms with van der Waals surface area (Å²) in [5.74, 6) is 0. The molecular weight excluding hydrogens is 270 g/mol. The van der Waals surface area contributed by atoms with E-state index in [0.29, 0.717) is 6.42 Å². The number of aliphatic hydroxyl groups is 1. The summed E-state index contributed by atoms with van der Waals surface area (Å²) in [7, 11) is 0. The summed E-state index contributed by atoms with van der Waals surface area (Å²) < 4.78 is 0. The molecule has 0 aliphatic rings. The number of aromatic nitrogens is 3. The fourth-order valence-corrected chi connectivity index (χ4v) is 2.99. The molecule has 0 aliphatic carbocycles. The first-order valence-corrected chi connectivity index (χ1v) is 7.59. The van der Waals surface area contributed by atoms with E-state index in [1.54, 1.807) is 11.3 Å². The SMILES string of the molecule is Cc1cc(C(O)Cc2nc(C(C)(C)C)cs2)c(C)nn1. The Morgan fingerprint density at radius 2 is 1.95 bits per heavy atom. The minimum absolute atomic E-state index is 0.0461. The van der Waals surface area contributed by atoms with E-state index in [0.717, 1.165) is 27.7 Å². The van der Waals surface area contributed by atoms with Crippen molar-refractivity contribution in [1.82, 2.24) is 15.2 Å². The number of nitrogens with zero attached hydrogens (tertiary/aromatic N) is 3. The van der Waals surface area contributed by atoms with Crippen molar-refractivity contribution >= 4 is 11.3 Å². The lowest BCUT2D eigenvalue weighted by Gasteiger charge is -2.15. The van der Waals surface area contributed by atoms with E-state index in [1.807, 2.05) is 19.9 Å². The van der Waals surface area contributed by atoms with E-state index in [1.165, 1.54) is 0 Å². The normalized spacial score (nSPS) is 13.5. The average Bonchev–Trinajstić information content (AvgIpc) is 2.80. The van der Waals surface area contributed by atoms with Crippen molar-refractivity contribution in [3.63, 3.8) is 0 Å². The molecule has 0 aromatic carbocycles.